The van der Waals surface area contributed by atoms with Gasteiger partial charge < -0.3 is 24.4 Å². The van der Waals surface area contributed by atoms with Crippen molar-refractivity contribution in [3.8, 4) is 23.0 Å². The molecular weight excluding hydrogens is 564 g/mol. The van der Waals surface area contributed by atoms with Crippen LogP contribution in [0.2, 0.25) is 0 Å². The van der Waals surface area contributed by atoms with Crippen molar-refractivity contribution in [2.45, 2.75) is 39.3 Å². The summed E-state index contributed by atoms with van der Waals surface area (Å²) in [6, 6.07) is 30.9. The minimum atomic E-state index is 0.0660. The van der Waals surface area contributed by atoms with Crippen LogP contribution in [0.25, 0.3) is 21.5 Å². The minimum Gasteiger partial charge on any atom is -0.504 e. The van der Waals surface area contributed by atoms with Crippen LogP contribution in [0.3, 0.4) is 0 Å². The zero-order valence-electron chi connectivity index (χ0n) is 24.7. The van der Waals surface area contributed by atoms with E-state index in [1.165, 1.54) is 0 Å². The molecule has 0 fully saturated rings. The highest BCUT2D eigenvalue weighted by molar-refractivity contribution is 5.91. The van der Waals surface area contributed by atoms with E-state index in [1.807, 2.05) is 97.1 Å². The van der Waals surface area contributed by atoms with Gasteiger partial charge >= 0.3 is 0 Å². The first-order valence-electron chi connectivity index (χ1n) is 14.9. The van der Waals surface area contributed by atoms with E-state index < -0.39 is 0 Å². The van der Waals surface area contributed by atoms with E-state index in [1.54, 1.807) is 0 Å². The number of allylic oxidation sites excluding steroid dienone is 1. The number of aromatic nitrogens is 2. The van der Waals surface area contributed by atoms with Crippen molar-refractivity contribution < 1.29 is 24.4 Å². The third-order valence-electron chi connectivity index (χ3n) is 8.02. The van der Waals surface area contributed by atoms with Gasteiger partial charge in [-0.15, -0.1) is 0 Å². The van der Waals surface area contributed by atoms with Crippen molar-refractivity contribution in [1.82, 2.24) is 9.97 Å². The number of fused-ring (bicyclic) bond motifs is 12. The molecule has 224 valence electrons. The van der Waals surface area contributed by atoms with Crippen molar-refractivity contribution in [2.75, 3.05) is 0 Å². The normalized spacial score (nSPS) is 14.2. The van der Waals surface area contributed by atoms with Gasteiger partial charge in [0, 0.05) is 11.1 Å². The van der Waals surface area contributed by atoms with Crippen LogP contribution in [0.5, 0.6) is 23.0 Å². The zero-order chi connectivity index (χ0) is 30.8. The number of benzene rings is 4. The Kier molecular flexibility index (Phi) is 7.76. The van der Waals surface area contributed by atoms with Crippen molar-refractivity contribution in [2.24, 2.45) is 0 Å². The fraction of sp³-hybridized carbons (Fsp3) is 0.158. The molecule has 3 heterocycles. The maximum atomic E-state index is 11.5. The second kappa shape index (κ2) is 12.3. The van der Waals surface area contributed by atoms with Gasteiger partial charge in [-0.2, -0.15) is 0 Å². The molecule has 1 aliphatic heterocycles. The number of phenolic OH excluding ortho intramolecular Hbond substituents is 2. The van der Waals surface area contributed by atoms with E-state index in [0.717, 1.165) is 49.9 Å². The number of aromatic hydroxyl groups is 2. The third kappa shape index (κ3) is 6.03. The lowest BCUT2D eigenvalue weighted by atomic mass is 9.92. The van der Waals surface area contributed by atoms with Gasteiger partial charge in [0.1, 0.15) is 13.2 Å². The smallest absolute Gasteiger partial charge is 0.162 e. The number of hydrogen-bond acceptors (Lipinski definition) is 7. The molecule has 4 aromatic carbocycles. The lowest BCUT2D eigenvalue weighted by molar-refractivity contribution is 0.101. The van der Waals surface area contributed by atoms with Crippen LogP contribution in [-0.4, -0.2) is 20.2 Å². The summed E-state index contributed by atoms with van der Waals surface area (Å²) in [6.07, 6.45) is 0.758. The van der Waals surface area contributed by atoms with Gasteiger partial charge in [-0.05, 0) is 70.8 Å². The summed E-state index contributed by atoms with van der Waals surface area (Å²) in [5.41, 5.74) is 5.21. The predicted octanol–water partition coefficient (Wildman–Crippen LogP) is 7.72. The number of rotatable bonds is 0. The Bertz CT molecular complexity index is 1910. The molecule has 0 atom stereocenters. The fourth-order valence-corrected chi connectivity index (χ4v) is 5.85. The van der Waals surface area contributed by atoms with Gasteiger partial charge in [0.25, 0.3) is 0 Å². The molecule has 7 heteroatoms. The summed E-state index contributed by atoms with van der Waals surface area (Å²) < 4.78 is 18.3. The Labute approximate surface area is 261 Å². The summed E-state index contributed by atoms with van der Waals surface area (Å²) in [7, 11) is 0. The zero-order valence-corrected chi connectivity index (χ0v) is 24.7. The highest BCUT2D eigenvalue weighted by Crippen LogP contribution is 2.41. The molecule has 0 saturated heterocycles. The lowest BCUT2D eigenvalue weighted by Gasteiger charge is -2.18. The molecule has 0 spiro atoms. The average Bonchev–Trinajstić information content (AvgIpc) is 3.06. The van der Waals surface area contributed by atoms with Gasteiger partial charge in [0.05, 0.1) is 36.0 Å². The predicted molar refractivity (Wildman–Crippen MR) is 173 cm³/mol. The maximum Gasteiger partial charge on any atom is 0.162 e. The third-order valence-corrected chi connectivity index (χ3v) is 8.02. The molecule has 0 amide bonds. The van der Waals surface area contributed by atoms with Crippen LogP contribution in [0.1, 0.15) is 33.9 Å². The van der Waals surface area contributed by atoms with Crippen LogP contribution in [-0.2, 0) is 44.0 Å². The van der Waals surface area contributed by atoms with Crippen molar-refractivity contribution in [3.63, 3.8) is 0 Å². The number of phenols is 2. The number of ether oxygens (including phenoxy) is 3. The molecule has 6 aromatic rings. The van der Waals surface area contributed by atoms with E-state index in [2.05, 4.69) is 6.58 Å². The molecule has 2 N–H and O–H groups in total. The minimum absolute atomic E-state index is 0.0660. The highest BCUT2D eigenvalue weighted by Gasteiger charge is 2.19. The molecule has 8 bridgehead atoms. The van der Waals surface area contributed by atoms with E-state index >= 15 is 0 Å². The summed E-state index contributed by atoms with van der Waals surface area (Å²) in [5.74, 6) is 0.876. The Morgan fingerprint density at radius 3 is 1.42 bits per heavy atom. The Morgan fingerprint density at radius 1 is 0.533 bits per heavy atom. The average molecular weight is 597 g/mol. The molecule has 0 saturated carbocycles. The molecule has 45 heavy (non-hydrogen) atoms. The van der Waals surface area contributed by atoms with Gasteiger partial charge in [-0.3, -0.25) is 9.97 Å². The molecular formula is C38H32N2O5. The fourth-order valence-electron chi connectivity index (χ4n) is 5.85. The first kappa shape index (κ1) is 28.4. The van der Waals surface area contributed by atoms with Crippen molar-refractivity contribution in [3.05, 3.63) is 143 Å². The lowest BCUT2D eigenvalue weighted by Crippen LogP contribution is -2.05. The Balaban J connectivity index is 1.30. The van der Waals surface area contributed by atoms with Gasteiger partial charge in [0.2, 0.25) is 0 Å². The van der Waals surface area contributed by atoms with Crippen LogP contribution in [0.4, 0.5) is 0 Å². The topological polar surface area (TPSA) is 93.9 Å². The Hall–Kier alpha value is -5.40. The quantitative estimate of drug-likeness (QED) is 0.173. The molecule has 1 aliphatic rings. The van der Waals surface area contributed by atoms with Gasteiger partial charge in [-0.25, -0.2) is 0 Å². The summed E-state index contributed by atoms with van der Waals surface area (Å²) in [4.78, 5) is 9.40. The van der Waals surface area contributed by atoms with Crippen LogP contribution in [0.15, 0.2) is 109 Å². The van der Waals surface area contributed by atoms with Crippen LogP contribution >= 0.6 is 0 Å². The van der Waals surface area contributed by atoms with E-state index in [-0.39, 0.29) is 24.7 Å². The molecule has 7 rings (SSSR count). The van der Waals surface area contributed by atoms with E-state index in [0.29, 0.717) is 48.7 Å². The largest absolute Gasteiger partial charge is 0.504 e. The van der Waals surface area contributed by atoms with Gasteiger partial charge in [0.15, 0.2) is 23.0 Å². The molecule has 7 nitrogen and oxygen atoms in total. The standard InChI is InChI=1S/C38H32N2O5/c1-24-16-33-31-14-4-2-8-25(31)18-35(37(33)41)44-22-29-12-6-10-27(39-29)20-43-21-28-11-7-13-30(40-28)23-45-36-19-26-9-3-5-15-32(26)34(17-24)38(36)42/h2-15,18-19,41-42H,1,16-17,20-23H2. The highest BCUT2D eigenvalue weighted by atomic mass is 16.5. The monoisotopic (exact) mass is 596 g/mol. The molecule has 2 aromatic heterocycles. The summed E-state index contributed by atoms with van der Waals surface area (Å²) in [5, 5.41) is 26.7. The second-order valence-corrected chi connectivity index (χ2v) is 11.3. The van der Waals surface area contributed by atoms with Crippen molar-refractivity contribution >= 4 is 21.5 Å². The van der Waals surface area contributed by atoms with Gasteiger partial charge in [-0.1, -0.05) is 72.8 Å². The molecule has 0 aliphatic carbocycles. The van der Waals surface area contributed by atoms with E-state index in [4.69, 9.17) is 24.2 Å². The number of hydrogen-bond donors (Lipinski definition) is 2. The molecule has 0 radical (unpaired) electrons. The second-order valence-electron chi connectivity index (χ2n) is 11.3. The first-order chi connectivity index (χ1) is 22.0. The summed E-state index contributed by atoms with van der Waals surface area (Å²) >= 11 is 0. The Morgan fingerprint density at radius 2 is 0.956 bits per heavy atom. The van der Waals surface area contributed by atoms with Crippen LogP contribution < -0.4 is 9.47 Å². The summed E-state index contributed by atoms with van der Waals surface area (Å²) in [6.45, 7) is 5.35. The van der Waals surface area contributed by atoms with Crippen LogP contribution in [0, 0.1) is 0 Å². The maximum absolute atomic E-state index is 11.5. The SMILES string of the molecule is C=C1Cc2c(O)c(cc3ccccc23)OCc2cccc(n2)COCc2cccc(n2)COc2cc3ccccc3c(c2O)C1. The number of nitrogens with zero attached hydrogens (tertiary/aromatic N) is 2. The first-order valence-corrected chi connectivity index (χ1v) is 14.9. The number of pyridine rings is 2. The van der Waals surface area contributed by atoms with Crippen molar-refractivity contribution in [1.29, 1.82) is 0 Å². The molecule has 0 unspecified atom stereocenters. The van der Waals surface area contributed by atoms with E-state index in [9.17, 15) is 10.2 Å².